The monoisotopic (exact) mass is 433 g/mol. The first kappa shape index (κ1) is 21.0. The minimum Gasteiger partial charge on any atom is -0.369 e. The molecular weight excluding hydrogens is 406 g/mol. The van der Waals surface area contributed by atoms with E-state index >= 15 is 0 Å². The summed E-state index contributed by atoms with van der Waals surface area (Å²) < 4.78 is 0. The molecule has 0 aliphatic carbocycles. The van der Waals surface area contributed by atoms with Gasteiger partial charge in [0.2, 0.25) is 0 Å². The summed E-state index contributed by atoms with van der Waals surface area (Å²) in [4.78, 5) is 9.36. The standard InChI is InChI=1S/C28H27N5/c1-20-17-21(3-4-23(20)19-29)22-5-10-27-26(18-22)28(11-12-30-27)31-24-6-8-25(9-7-24)33-15-13-32(2)14-16-33/h3-12,17-18H,13-16H2,1-2H3,(H,30,31). The molecule has 0 amide bonds. The molecule has 5 rings (SSSR count). The number of anilines is 3. The number of pyridine rings is 1. The van der Waals surface area contributed by atoms with Gasteiger partial charge in [-0.1, -0.05) is 18.2 Å². The zero-order valence-electron chi connectivity index (χ0n) is 19.0. The van der Waals surface area contributed by atoms with Gasteiger partial charge in [0, 0.05) is 54.8 Å². The number of nitriles is 1. The largest absolute Gasteiger partial charge is 0.369 e. The molecule has 5 heteroatoms. The van der Waals surface area contributed by atoms with Crippen LogP contribution in [0.5, 0.6) is 0 Å². The Labute approximate surface area is 194 Å². The Morgan fingerprint density at radius 3 is 2.33 bits per heavy atom. The highest BCUT2D eigenvalue weighted by Gasteiger charge is 2.14. The molecule has 2 heterocycles. The molecule has 0 spiro atoms. The minimum atomic E-state index is 0.712. The number of aromatic nitrogens is 1. The molecule has 1 saturated heterocycles. The van der Waals surface area contributed by atoms with Crippen molar-refractivity contribution >= 4 is 28.0 Å². The maximum absolute atomic E-state index is 9.23. The fraction of sp³-hybridized carbons (Fsp3) is 0.214. The first-order valence-corrected chi connectivity index (χ1v) is 11.3. The van der Waals surface area contributed by atoms with Gasteiger partial charge < -0.3 is 15.1 Å². The highest BCUT2D eigenvalue weighted by atomic mass is 15.2. The molecule has 1 aliphatic rings. The van der Waals surface area contributed by atoms with Crippen LogP contribution >= 0.6 is 0 Å². The van der Waals surface area contributed by atoms with E-state index in [4.69, 9.17) is 0 Å². The van der Waals surface area contributed by atoms with Crippen LogP contribution in [0.25, 0.3) is 22.0 Å². The summed E-state index contributed by atoms with van der Waals surface area (Å²) in [6.07, 6.45) is 1.84. The van der Waals surface area contributed by atoms with Gasteiger partial charge in [-0.05, 0) is 79.2 Å². The topological polar surface area (TPSA) is 55.2 Å². The van der Waals surface area contributed by atoms with E-state index in [0.29, 0.717) is 5.56 Å². The molecule has 0 radical (unpaired) electrons. The summed E-state index contributed by atoms with van der Waals surface area (Å²) in [7, 11) is 2.18. The molecule has 0 saturated carbocycles. The molecular formula is C28H27N5. The van der Waals surface area contributed by atoms with Gasteiger partial charge in [0.25, 0.3) is 0 Å². The maximum Gasteiger partial charge on any atom is 0.0994 e. The fourth-order valence-corrected chi connectivity index (χ4v) is 4.38. The Morgan fingerprint density at radius 1 is 0.879 bits per heavy atom. The van der Waals surface area contributed by atoms with E-state index in [1.54, 1.807) is 0 Å². The lowest BCUT2D eigenvalue weighted by atomic mass is 9.98. The van der Waals surface area contributed by atoms with Gasteiger partial charge in [-0.15, -0.1) is 0 Å². The third-order valence-corrected chi connectivity index (χ3v) is 6.44. The van der Waals surface area contributed by atoms with E-state index in [-0.39, 0.29) is 0 Å². The number of nitrogens with zero attached hydrogens (tertiary/aromatic N) is 4. The molecule has 1 aliphatic heterocycles. The van der Waals surface area contributed by atoms with E-state index in [9.17, 15) is 5.26 Å². The van der Waals surface area contributed by atoms with Crippen molar-refractivity contribution in [2.45, 2.75) is 6.92 Å². The molecule has 164 valence electrons. The molecule has 0 atom stereocenters. The van der Waals surface area contributed by atoms with Crippen LogP contribution in [-0.4, -0.2) is 43.1 Å². The predicted octanol–water partition coefficient (Wildman–Crippen LogP) is 5.58. The quantitative estimate of drug-likeness (QED) is 0.455. The van der Waals surface area contributed by atoms with E-state index in [1.165, 1.54) is 5.69 Å². The van der Waals surface area contributed by atoms with Gasteiger partial charge in [-0.25, -0.2) is 0 Å². The SMILES string of the molecule is Cc1cc(-c2ccc3nccc(Nc4ccc(N5CCN(C)CC5)cc4)c3c2)ccc1C#N. The molecule has 1 N–H and O–H groups in total. The Morgan fingerprint density at radius 2 is 1.61 bits per heavy atom. The van der Waals surface area contributed by atoms with E-state index in [2.05, 4.69) is 81.7 Å². The second-order valence-corrected chi connectivity index (χ2v) is 8.69. The number of likely N-dealkylation sites (N-methyl/N-ethyl adjacent to an activating group) is 1. The third kappa shape index (κ3) is 4.39. The van der Waals surface area contributed by atoms with Crippen LogP contribution in [0.1, 0.15) is 11.1 Å². The lowest BCUT2D eigenvalue weighted by Crippen LogP contribution is -2.44. The zero-order valence-corrected chi connectivity index (χ0v) is 19.0. The summed E-state index contributed by atoms with van der Waals surface area (Å²) >= 11 is 0. The van der Waals surface area contributed by atoms with Crippen molar-refractivity contribution in [2.24, 2.45) is 0 Å². The minimum absolute atomic E-state index is 0.712. The van der Waals surface area contributed by atoms with Gasteiger partial charge in [0.15, 0.2) is 0 Å². The summed E-state index contributed by atoms with van der Waals surface area (Å²) in [6, 6.07) is 25.2. The second-order valence-electron chi connectivity index (χ2n) is 8.69. The number of nitrogens with one attached hydrogen (secondary N) is 1. The number of hydrogen-bond donors (Lipinski definition) is 1. The highest BCUT2D eigenvalue weighted by molar-refractivity contribution is 5.95. The molecule has 1 fully saturated rings. The Hall–Kier alpha value is -3.88. The predicted molar refractivity (Wildman–Crippen MR) is 136 cm³/mol. The zero-order chi connectivity index (χ0) is 22.8. The van der Waals surface area contributed by atoms with Crippen LogP contribution in [0.2, 0.25) is 0 Å². The molecule has 3 aromatic carbocycles. The van der Waals surface area contributed by atoms with E-state index in [0.717, 1.165) is 65.1 Å². The molecule has 0 bridgehead atoms. The average molecular weight is 434 g/mol. The van der Waals surface area contributed by atoms with Gasteiger partial charge in [-0.3, -0.25) is 4.98 Å². The van der Waals surface area contributed by atoms with Crippen LogP contribution in [0.4, 0.5) is 17.1 Å². The third-order valence-electron chi connectivity index (χ3n) is 6.44. The molecule has 4 aromatic rings. The summed E-state index contributed by atoms with van der Waals surface area (Å²) in [6.45, 7) is 6.31. The summed E-state index contributed by atoms with van der Waals surface area (Å²) in [5.74, 6) is 0. The van der Waals surface area contributed by atoms with Crippen LogP contribution in [0.15, 0.2) is 72.9 Å². The molecule has 0 unspecified atom stereocenters. The smallest absolute Gasteiger partial charge is 0.0994 e. The Bertz CT molecular complexity index is 1330. The maximum atomic E-state index is 9.23. The van der Waals surface area contributed by atoms with Crippen LogP contribution < -0.4 is 10.2 Å². The van der Waals surface area contributed by atoms with Crippen molar-refractivity contribution in [3.05, 3.63) is 84.1 Å². The van der Waals surface area contributed by atoms with E-state index < -0.39 is 0 Å². The van der Waals surface area contributed by atoms with Crippen molar-refractivity contribution in [3.63, 3.8) is 0 Å². The molecule has 5 nitrogen and oxygen atoms in total. The Balaban J connectivity index is 1.42. The number of benzene rings is 3. The van der Waals surface area contributed by atoms with Crippen LogP contribution in [0, 0.1) is 18.3 Å². The lowest BCUT2D eigenvalue weighted by Gasteiger charge is -2.34. The van der Waals surface area contributed by atoms with Gasteiger partial charge in [0.1, 0.15) is 0 Å². The summed E-state index contributed by atoms with van der Waals surface area (Å²) in [5.41, 5.74) is 8.20. The number of aryl methyl sites for hydroxylation is 1. The van der Waals surface area contributed by atoms with Gasteiger partial charge in [-0.2, -0.15) is 5.26 Å². The summed E-state index contributed by atoms with van der Waals surface area (Å²) in [5, 5.41) is 13.9. The average Bonchev–Trinajstić information content (AvgIpc) is 2.85. The number of rotatable bonds is 4. The normalized spacial score (nSPS) is 14.3. The molecule has 1 aromatic heterocycles. The highest BCUT2D eigenvalue weighted by Crippen LogP contribution is 2.31. The Kier molecular flexibility index (Phi) is 5.68. The van der Waals surface area contributed by atoms with Crippen molar-refractivity contribution in [1.82, 2.24) is 9.88 Å². The first-order valence-electron chi connectivity index (χ1n) is 11.3. The van der Waals surface area contributed by atoms with E-state index in [1.807, 2.05) is 31.3 Å². The van der Waals surface area contributed by atoms with Crippen molar-refractivity contribution < 1.29 is 0 Å². The van der Waals surface area contributed by atoms with Crippen molar-refractivity contribution in [2.75, 3.05) is 43.4 Å². The first-order chi connectivity index (χ1) is 16.1. The van der Waals surface area contributed by atoms with Crippen molar-refractivity contribution in [3.8, 4) is 17.2 Å². The lowest BCUT2D eigenvalue weighted by molar-refractivity contribution is 0.313. The number of fused-ring (bicyclic) bond motifs is 1. The van der Waals surface area contributed by atoms with Gasteiger partial charge >= 0.3 is 0 Å². The molecule has 33 heavy (non-hydrogen) atoms. The van der Waals surface area contributed by atoms with Gasteiger partial charge in [0.05, 0.1) is 17.1 Å². The number of piperazine rings is 1. The van der Waals surface area contributed by atoms with Crippen LogP contribution in [-0.2, 0) is 0 Å². The van der Waals surface area contributed by atoms with Crippen LogP contribution in [0.3, 0.4) is 0 Å². The fourth-order valence-electron chi connectivity index (χ4n) is 4.38. The number of hydrogen-bond acceptors (Lipinski definition) is 5. The second kappa shape index (κ2) is 8.93. The van der Waals surface area contributed by atoms with Crippen molar-refractivity contribution in [1.29, 1.82) is 5.26 Å².